The molecule has 0 aliphatic heterocycles. The van der Waals surface area contributed by atoms with Crippen molar-refractivity contribution in [1.82, 2.24) is 19.2 Å². The van der Waals surface area contributed by atoms with Gasteiger partial charge in [0, 0.05) is 10.6 Å². The highest BCUT2D eigenvalue weighted by atomic mass is 32.2. The number of benzene rings is 1. The number of carboxylic acid groups (broad SMARTS) is 1. The molecule has 1 aliphatic rings. The standard InChI is InChI=1S/C20H18N4O3S2/c1-11-5-4-6-12(9-11)23-17(27)16-13-7-2-3-8-14(13)29-18(16)24-19(23)21-22-20(24)28-10-15(25)26/h4-6,9H,2-3,7-8,10H2,1H3,(H,25,26)/p-1. The number of carboxylic acids is 1. The Kier molecular flexibility index (Phi) is 4.44. The zero-order chi connectivity index (χ0) is 20.1. The van der Waals surface area contributed by atoms with Gasteiger partial charge in [-0.2, -0.15) is 0 Å². The fourth-order valence-corrected chi connectivity index (χ4v) is 6.02. The molecule has 3 aromatic heterocycles. The zero-order valence-electron chi connectivity index (χ0n) is 15.7. The zero-order valence-corrected chi connectivity index (χ0v) is 17.3. The van der Waals surface area contributed by atoms with Crippen molar-refractivity contribution >= 4 is 45.1 Å². The molecule has 0 N–H and O–H groups in total. The topological polar surface area (TPSA) is 92.3 Å². The molecule has 0 atom stereocenters. The lowest BCUT2D eigenvalue weighted by Gasteiger charge is -2.12. The maximum atomic E-state index is 13.6. The molecule has 9 heteroatoms. The largest absolute Gasteiger partial charge is 0.549 e. The second kappa shape index (κ2) is 7.00. The third-order valence-corrected chi connectivity index (χ3v) is 7.35. The van der Waals surface area contributed by atoms with Crippen LogP contribution in [-0.2, 0) is 17.6 Å². The summed E-state index contributed by atoms with van der Waals surface area (Å²) >= 11 is 2.65. The average Bonchev–Trinajstić information content (AvgIpc) is 3.28. The minimum Gasteiger partial charge on any atom is -0.549 e. The lowest BCUT2D eigenvalue weighted by molar-refractivity contribution is -0.301. The van der Waals surface area contributed by atoms with Crippen LogP contribution in [0.2, 0.25) is 0 Å². The first-order valence-electron chi connectivity index (χ1n) is 9.38. The number of hydrogen-bond donors (Lipinski definition) is 0. The van der Waals surface area contributed by atoms with Crippen molar-refractivity contribution in [3.63, 3.8) is 0 Å². The highest BCUT2D eigenvalue weighted by Gasteiger charge is 2.25. The van der Waals surface area contributed by atoms with Gasteiger partial charge in [0.2, 0.25) is 5.78 Å². The number of carbonyl (C=O) groups is 1. The van der Waals surface area contributed by atoms with Gasteiger partial charge in [-0.15, -0.1) is 21.5 Å². The van der Waals surface area contributed by atoms with Gasteiger partial charge in [0.15, 0.2) is 5.16 Å². The molecule has 0 amide bonds. The molecule has 0 saturated heterocycles. The van der Waals surface area contributed by atoms with Crippen molar-refractivity contribution in [3.8, 4) is 5.69 Å². The van der Waals surface area contributed by atoms with E-state index in [9.17, 15) is 14.7 Å². The molecule has 1 aliphatic carbocycles. The quantitative estimate of drug-likeness (QED) is 0.465. The van der Waals surface area contributed by atoms with Crippen molar-refractivity contribution in [2.24, 2.45) is 0 Å². The molecule has 148 valence electrons. The van der Waals surface area contributed by atoms with E-state index in [0.717, 1.165) is 59.1 Å². The summed E-state index contributed by atoms with van der Waals surface area (Å²) in [5.74, 6) is -0.996. The van der Waals surface area contributed by atoms with Crippen molar-refractivity contribution < 1.29 is 9.90 Å². The Morgan fingerprint density at radius 3 is 2.90 bits per heavy atom. The number of thioether (sulfide) groups is 1. The van der Waals surface area contributed by atoms with E-state index < -0.39 is 5.97 Å². The molecule has 4 aromatic rings. The highest BCUT2D eigenvalue weighted by Crippen LogP contribution is 2.36. The second-order valence-electron chi connectivity index (χ2n) is 7.15. The first-order valence-corrected chi connectivity index (χ1v) is 11.2. The van der Waals surface area contributed by atoms with Crippen LogP contribution < -0.4 is 10.7 Å². The Morgan fingerprint density at radius 1 is 1.28 bits per heavy atom. The Balaban J connectivity index is 1.89. The predicted octanol–water partition coefficient (Wildman–Crippen LogP) is 2.12. The molecule has 0 unspecified atom stereocenters. The van der Waals surface area contributed by atoms with E-state index in [1.54, 1.807) is 15.9 Å². The van der Waals surface area contributed by atoms with Gasteiger partial charge in [-0.25, -0.2) is 8.97 Å². The van der Waals surface area contributed by atoms with E-state index >= 15 is 0 Å². The Morgan fingerprint density at radius 2 is 2.10 bits per heavy atom. The molecule has 0 fully saturated rings. The minimum absolute atomic E-state index is 0.0960. The van der Waals surface area contributed by atoms with Gasteiger partial charge in [-0.05, 0) is 55.9 Å². The van der Waals surface area contributed by atoms with Crippen LogP contribution >= 0.6 is 23.1 Å². The van der Waals surface area contributed by atoms with Crippen LogP contribution in [0.25, 0.3) is 21.7 Å². The van der Waals surface area contributed by atoms with Crippen LogP contribution in [0.5, 0.6) is 0 Å². The van der Waals surface area contributed by atoms with Gasteiger partial charge in [0.1, 0.15) is 4.83 Å². The van der Waals surface area contributed by atoms with Gasteiger partial charge < -0.3 is 9.90 Å². The van der Waals surface area contributed by atoms with Crippen molar-refractivity contribution in [1.29, 1.82) is 0 Å². The number of fused-ring (bicyclic) bond motifs is 5. The number of aromatic nitrogens is 4. The summed E-state index contributed by atoms with van der Waals surface area (Å²) in [6.45, 7) is 1.97. The number of aryl methyl sites for hydroxylation is 3. The van der Waals surface area contributed by atoms with Gasteiger partial charge in [0.25, 0.3) is 5.56 Å². The van der Waals surface area contributed by atoms with Crippen LogP contribution in [0.4, 0.5) is 0 Å². The maximum Gasteiger partial charge on any atom is 0.268 e. The van der Waals surface area contributed by atoms with E-state index in [1.165, 1.54) is 4.88 Å². The van der Waals surface area contributed by atoms with Crippen LogP contribution in [0.1, 0.15) is 28.8 Å². The Labute approximate surface area is 174 Å². The minimum atomic E-state index is -1.17. The van der Waals surface area contributed by atoms with E-state index in [4.69, 9.17) is 0 Å². The van der Waals surface area contributed by atoms with Crippen LogP contribution in [-0.4, -0.2) is 30.9 Å². The summed E-state index contributed by atoms with van der Waals surface area (Å²) < 4.78 is 3.42. The van der Waals surface area contributed by atoms with Gasteiger partial charge in [-0.3, -0.25) is 4.79 Å². The lowest BCUT2D eigenvalue weighted by atomic mass is 9.97. The average molecular weight is 426 g/mol. The molecule has 5 rings (SSSR count). The number of hydrogen-bond acceptors (Lipinski definition) is 7. The summed E-state index contributed by atoms with van der Waals surface area (Å²) in [5.41, 5.74) is 2.78. The fraction of sp³-hybridized carbons (Fsp3) is 0.300. The van der Waals surface area contributed by atoms with E-state index in [0.29, 0.717) is 16.3 Å². The first kappa shape index (κ1) is 18.4. The summed E-state index contributed by atoms with van der Waals surface area (Å²) in [6.07, 6.45) is 4.02. The number of rotatable bonds is 4. The summed E-state index contributed by atoms with van der Waals surface area (Å²) in [4.78, 5) is 26.7. The predicted molar refractivity (Wildman–Crippen MR) is 111 cm³/mol. The van der Waals surface area contributed by atoms with E-state index in [1.807, 2.05) is 35.6 Å². The summed E-state index contributed by atoms with van der Waals surface area (Å²) in [6, 6.07) is 7.70. The first-order chi connectivity index (χ1) is 14.0. The monoisotopic (exact) mass is 425 g/mol. The van der Waals surface area contributed by atoms with Gasteiger partial charge in [-0.1, -0.05) is 23.9 Å². The van der Waals surface area contributed by atoms with Crippen molar-refractivity contribution in [3.05, 3.63) is 50.6 Å². The normalized spacial score (nSPS) is 13.8. The number of nitrogens with zero attached hydrogens (tertiary/aromatic N) is 4. The fourth-order valence-electron chi connectivity index (χ4n) is 3.93. The smallest absolute Gasteiger partial charge is 0.268 e. The molecule has 1 aromatic carbocycles. The molecule has 29 heavy (non-hydrogen) atoms. The molecular weight excluding hydrogens is 408 g/mol. The molecule has 0 spiro atoms. The Hall–Kier alpha value is -2.65. The third kappa shape index (κ3) is 2.96. The molecular formula is C20H17N4O3S2-. The van der Waals surface area contributed by atoms with E-state index in [-0.39, 0.29) is 11.3 Å². The molecule has 0 bridgehead atoms. The summed E-state index contributed by atoms with van der Waals surface area (Å²) in [7, 11) is 0. The number of thiophene rings is 1. The molecule has 0 saturated carbocycles. The molecule has 3 heterocycles. The SMILES string of the molecule is Cc1cccc(-n2c(=O)c3c4c(sc3n3c(SCC(=O)[O-])nnc23)CCCC4)c1. The number of carbonyl (C=O) groups excluding carboxylic acids is 1. The molecule has 0 radical (unpaired) electrons. The molecule has 7 nitrogen and oxygen atoms in total. The second-order valence-corrected chi connectivity index (χ2v) is 9.18. The highest BCUT2D eigenvalue weighted by molar-refractivity contribution is 7.99. The third-order valence-electron chi connectivity index (χ3n) is 5.17. The van der Waals surface area contributed by atoms with Crippen LogP contribution in [0.3, 0.4) is 0 Å². The number of aliphatic carboxylic acids is 1. The summed E-state index contributed by atoms with van der Waals surface area (Å²) in [5, 5.41) is 20.6. The van der Waals surface area contributed by atoms with Gasteiger partial charge in [0.05, 0.1) is 17.0 Å². The van der Waals surface area contributed by atoms with Gasteiger partial charge >= 0.3 is 0 Å². The van der Waals surface area contributed by atoms with E-state index in [2.05, 4.69) is 10.2 Å². The Bertz CT molecular complexity index is 1340. The van der Waals surface area contributed by atoms with Crippen molar-refractivity contribution in [2.45, 2.75) is 37.8 Å². The van der Waals surface area contributed by atoms with Crippen LogP contribution in [0.15, 0.2) is 34.2 Å². The van der Waals surface area contributed by atoms with Crippen LogP contribution in [0, 0.1) is 6.92 Å². The maximum absolute atomic E-state index is 13.6. The lowest BCUT2D eigenvalue weighted by Crippen LogP contribution is -2.24. The van der Waals surface area contributed by atoms with Crippen molar-refractivity contribution in [2.75, 3.05) is 5.75 Å².